The lowest BCUT2D eigenvalue weighted by Crippen LogP contribution is -2.21. The first-order valence-corrected chi connectivity index (χ1v) is 12.1. The highest BCUT2D eigenvalue weighted by Gasteiger charge is 2.17. The summed E-state index contributed by atoms with van der Waals surface area (Å²) in [7, 11) is 1.41. The predicted molar refractivity (Wildman–Crippen MR) is 149 cm³/mol. The van der Waals surface area contributed by atoms with Gasteiger partial charge in [-0.25, -0.2) is 23.9 Å². The minimum Gasteiger partial charge on any atom is -0.493 e. The number of H-pyrrole nitrogens is 1. The summed E-state index contributed by atoms with van der Waals surface area (Å²) in [5, 5.41) is 16.4. The van der Waals surface area contributed by atoms with E-state index in [1.165, 1.54) is 19.5 Å². The number of methoxy groups -OCH3 is 1. The summed E-state index contributed by atoms with van der Waals surface area (Å²) in [5.41, 5.74) is 1.84. The van der Waals surface area contributed by atoms with Crippen molar-refractivity contribution in [2.45, 2.75) is 26.1 Å². The van der Waals surface area contributed by atoms with Gasteiger partial charge in [0.2, 0.25) is 5.88 Å². The molecule has 0 unspecified atom stereocenters. The lowest BCUT2D eigenvalue weighted by Gasteiger charge is -2.16. The van der Waals surface area contributed by atoms with E-state index >= 15 is 4.39 Å². The second-order valence-electron chi connectivity index (χ2n) is 8.43. The van der Waals surface area contributed by atoms with Crippen molar-refractivity contribution in [3.8, 4) is 23.1 Å². The number of aliphatic carboxylic acids is 2. The van der Waals surface area contributed by atoms with Crippen LogP contribution in [-0.4, -0.2) is 75.3 Å². The van der Waals surface area contributed by atoms with Gasteiger partial charge in [-0.15, -0.1) is 0 Å². The Balaban J connectivity index is 0.000000603. The fourth-order valence-electron chi connectivity index (χ4n) is 3.74. The zero-order chi connectivity index (χ0) is 36.5. The number of likely N-dealkylation sites (tertiary alicyclic amines) is 1. The van der Waals surface area contributed by atoms with E-state index in [0.29, 0.717) is 38.9 Å². The molecule has 0 radical (unpaired) electrons. The lowest BCUT2D eigenvalue weighted by atomic mass is 10.2. The van der Waals surface area contributed by atoms with Gasteiger partial charge in [0.25, 0.3) is 0 Å². The van der Waals surface area contributed by atoms with Crippen molar-refractivity contribution >= 4 is 33.7 Å². The Bertz CT molecular complexity index is 1880. The van der Waals surface area contributed by atoms with Gasteiger partial charge >= 0.3 is 11.9 Å². The second kappa shape index (κ2) is 13.6. The monoisotopic (exact) mass is 574 g/mol. The summed E-state index contributed by atoms with van der Waals surface area (Å²) in [6, 6.07) is 8.01. The minimum atomic E-state index is -3.08. The van der Waals surface area contributed by atoms with Crippen molar-refractivity contribution in [2.75, 3.05) is 33.3 Å². The molecule has 12 heteroatoms. The molecule has 0 saturated carbocycles. The highest BCUT2D eigenvalue weighted by Crippen LogP contribution is 2.37. The summed E-state index contributed by atoms with van der Waals surface area (Å²) in [6.45, 7) is -4.32. The van der Waals surface area contributed by atoms with Crippen LogP contribution >= 0.6 is 0 Å². The highest BCUT2D eigenvalue weighted by molar-refractivity contribution is 5.89. The molecule has 2 aromatic carbocycles. The molecule has 3 heterocycles. The summed E-state index contributed by atoms with van der Waals surface area (Å²) in [4.78, 5) is 31.1. The van der Waals surface area contributed by atoms with E-state index in [9.17, 15) is 9.59 Å². The molecule has 3 N–H and O–H groups in total. The molecule has 1 aliphatic heterocycles. The largest absolute Gasteiger partial charge is 0.493 e. The number of hydrogen-bond acceptors (Lipinski definition) is 8. The Labute approximate surface area is 246 Å². The maximum Gasteiger partial charge on any atom is 0.328 e. The quantitative estimate of drug-likeness (QED) is 0.176. The van der Waals surface area contributed by atoms with Crippen LogP contribution in [0.5, 0.6) is 23.1 Å². The van der Waals surface area contributed by atoms with E-state index in [0.717, 1.165) is 5.69 Å². The Morgan fingerprint density at radius 1 is 1.07 bits per heavy atom. The molecule has 0 atom stereocenters. The molecule has 1 saturated heterocycles. The first-order chi connectivity index (χ1) is 22.8. The number of benzene rings is 2. The first-order valence-electron chi connectivity index (χ1n) is 16.1. The van der Waals surface area contributed by atoms with Crippen LogP contribution in [0.25, 0.3) is 21.8 Å². The number of carbonyl (C=O) groups is 2. The molecule has 11 nitrogen and oxygen atoms in total. The molecule has 2 aromatic heterocycles. The van der Waals surface area contributed by atoms with Crippen LogP contribution in [0, 0.1) is 12.7 Å². The maximum absolute atomic E-state index is 15.1. The van der Waals surface area contributed by atoms with E-state index in [2.05, 4.69) is 15.0 Å². The number of hydrogen-bond donors (Lipinski definition) is 3. The topological polar surface area (TPSA) is 147 Å². The fraction of sp³-hybridized carbons (Fsp3) is 0.310. The Hall–Kier alpha value is -4.71. The Kier molecular flexibility index (Phi) is 6.69. The summed E-state index contributed by atoms with van der Waals surface area (Å²) < 4.78 is 96.2. The summed E-state index contributed by atoms with van der Waals surface area (Å²) >= 11 is 0. The number of nitrogens with zero attached hydrogens (tertiary/aromatic N) is 3. The maximum atomic E-state index is 15.1. The zero-order valence-corrected chi connectivity index (χ0v) is 21.9. The van der Waals surface area contributed by atoms with Crippen LogP contribution in [-0.2, 0) is 9.59 Å². The van der Waals surface area contributed by atoms with Gasteiger partial charge < -0.3 is 34.3 Å². The number of aryl methyl sites for hydroxylation is 1. The van der Waals surface area contributed by atoms with Crippen LogP contribution in [0.2, 0.25) is 0 Å². The molecule has 41 heavy (non-hydrogen) atoms. The number of fused-ring (bicyclic) bond motifs is 2. The number of nitrogens with one attached hydrogen (secondary N) is 1. The molecule has 5 rings (SSSR count). The number of ether oxygens (including phenoxy) is 3. The summed E-state index contributed by atoms with van der Waals surface area (Å²) in [6.07, 6.45) is -3.75. The van der Waals surface area contributed by atoms with E-state index in [1.54, 1.807) is 24.3 Å². The third-order valence-electron chi connectivity index (χ3n) is 5.52. The fourth-order valence-corrected chi connectivity index (χ4v) is 3.74. The third-order valence-corrected chi connectivity index (χ3v) is 5.52. The van der Waals surface area contributed by atoms with Crippen LogP contribution in [0.1, 0.15) is 35.8 Å². The molecule has 0 amide bonds. The van der Waals surface area contributed by atoms with Gasteiger partial charge in [0.05, 0.1) is 24.6 Å². The number of halogens is 1. The second-order valence-corrected chi connectivity index (χ2v) is 8.43. The molecule has 0 aliphatic carbocycles. The number of aromatic amines is 1. The van der Waals surface area contributed by atoms with Gasteiger partial charge in [-0.05, 0) is 63.3 Å². The van der Waals surface area contributed by atoms with E-state index < -0.39 is 43.5 Å². The van der Waals surface area contributed by atoms with Crippen LogP contribution in [0.4, 0.5) is 4.39 Å². The van der Waals surface area contributed by atoms with Crippen LogP contribution in [0.15, 0.2) is 48.8 Å². The summed E-state index contributed by atoms with van der Waals surface area (Å²) in [5.74, 6) is -2.45. The van der Waals surface area contributed by atoms with Crippen molar-refractivity contribution in [2.24, 2.45) is 0 Å². The molecule has 1 fully saturated rings. The number of rotatable bonds is 10. The Morgan fingerprint density at radius 2 is 1.80 bits per heavy atom. The number of carboxylic acid groups (broad SMARTS) is 2. The molecule has 4 aromatic rings. The molecule has 216 valence electrons. The van der Waals surface area contributed by atoms with Crippen molar-refractivity contribution in [3.05, 3.63) is 60.3 Å². The predicted octanol–water partition coefficient (Wildman–Crippen LogP) is 4.94. The molecular formula is C29H31FN4O7. The van der Waals surface area contributed by atoms with Crippen LogP contribution in [0.3, 0.4) is 0 Å². The average molecular weight is 575 g/mol. The smallest absolute Gasteiger partial charge is 0.328 e. The zero-order valence-electron chi connectivity index (χ0n) is 29.9. The molecule has 0 bridgehead atoms. The van der Waals surface area contributed by atoms with Crippen molar-refractivity contribution < 1.29 is 49.4 Å². The Morgan fingerprint density at radius 3 is 2.49 bits per heavy atom. The van der Waals surface area contributed by atoms with Gasteiger partial charge in [0.1, 0.15) is 6.33 Å². The first kappa shape index (κ1) is 20.2. The van der Waals surface area contributed by atoms with Gasteiger partial charge in [-0.2, -0.15) is 0 Å². The molecule has 1 aliphatic rings. The van der Waals surface area contributed by atoms with Gasteiger partial charge in [-0.1, -0.05) is 0 Å². The van der Waals surface area contributed by atoms with Crippen LogP contribution < -0.4 is 14.2 Å². The molecular weight excluding hydrogens is 535 g/mol. The van der Waals surface area contributed by atoms with E-state index in [4.69, 9.17) is 35.4 Å². The SMILES string of the molecule is O=C(O)/C=C\C(=O)O.[2H]C1([2H])N(CCCOc2cc3ncnc(Oc4ccc5[nH]c(C)cc5c4F)c3cc2OC)C([2H])([2H])C([2H])([2H])C1([2H])[2H]. The highest BCUT2D eigenvalue weighted by atomic mass is 19.1. The standard InChI is InChI=1S/C25H27FN4O3.C4H4O4/c1-16-12-17-19(29-16)6-7-21(24(17)26)33-25-18-13-22(31-2)23(14-20(18)27-15-28-25)32-11-5-10-30-8-3-4-9-30;5-3(6)1-2-4(7)8/h6-7,12-15,29H,3-5,8-11H2,1-2H3;1-2H,(H,5,6)(H,7,8)/b;2-1-/i3D2,4D2,8D2,9D2;. The van der Waals surface area contributed by atoms with Crippen molar-refractivity contribution in [1.82, 2.24) is 19.9 Å². The van der Waals surface area contributed by atoms with Crippen molar-refractivity contribution in [3.63, 3.8) is 0 Å². The minimum absolute atomic E-state index is 0.0220. The van der Waals surface area contributed by atoms with Gasteiger partial charge in [0, 0.05) is 52.3 Å². The van der Waals surface area contributed by atoms with E-state index in [1.807, 2.05) is 6.92 Å². The van der Waals surface area contributed by atoms with Crippen molar-refractivity contribution in [1.29, 1.82) is 0 Å². The third kappa shape index (κ3) is 7.70. The average Bonchev–Trinajstić information content (AvgIpc) is 3.44. The number of aromatic nitrogens is 3. The lowest BCUT2D eigenvalue weighted by molar-refractivity contribution is -0.134. The number of carboxylic acids is 2. The van der Waals surface area contributed by atoms with Gasteiger partial charge in [-0.3, -0.25) is 0 Å². The van der Waals surface area contributed by atoms with Gasteiger partial charge in [0.15, 0.2) is 23.1 Å². The molecule has 0 spiro atoms. The van der Waals surface area contributed by atoms with E-state index in [-0.39, 0.29) is 42.7 Å². The normalized spacial score (nSPS) is 21.1.